The number of carboxylic acid groups (broad SMARTS) is 1. The summed E-state index contributed by atoms with van der Waals surface area (Å²) in [6.07, 6.45) is -11.4. The Morgan fingerprint density at radius 2 is 1.57 bits per heavy atom. The van der Waals surface area contributed by atoms with Crippen LogP contribution in [0.1, 0.15) is 45.0 Å². The van der Waals surface area contributed by atoms with E-state index in [1.165, 1.54) is 32.2 Å². The lowest BCUT2D eigenvalue weighted by atomic mass is 9.84. The number of amides is 2. The second-order valence-corrected chi connectivity index (χ2v) is 8.41. The Morgan fingerprint density at radius 3 is 2.06 bits per heavy atom. The molecule has 0 saturated carbocycles. The molecule has 5 nitrogen and oxygen atoms in total. The minimum absolute atomic E-state index is 0.00924. The lowest BCUT2D eigenvalue weighted by Crippen LogP contribution is -2.51. The molecular formula is C23H21F7N2O3. The van der Waals surface area contributed by atoms with Gasteiger partial charge in [0.05, 0.1) is 11.1 Å². The molecule has 1 aliphatic heterocycles. The lowest BCUT2D eigenvalue weighted by Gasteiger charge is -2.42. The highest BCUT2D eigenvalue weighted by Crippen LogP contribution is 2.37. The van der Waals surface area contributed by atoms with E-state index in [0.29, 0.717) is 17.7 Å². The highest BCUT2D eigenvalue weighted by molar-refractivity contribution is 5.95. The van der Waals surface area contributed by atoms with Crippen LogP contribution >= 0.6 is 0 Å². The molecule has 2 atom stereocenters. The number of benzene rings is 2. The number of carbonyl (C=O) groups is 2. The van der Waals surface area contributed by atoms with E-state index in [9.17, 15) is 45.4 Å². The van der Waals surface area contributed by atoms with Crippen molar-refractivity contribution in [1.82, 2.24) is 9.80 Å². The zero-order valence-corrected chi connectivity index (χ0v) is 18.5. The smallest absolute Gasteiger partial charge is 0.416 e. The summed E-state index contributed by atoms with van der Waals surface area (Å²) < 4.78 is 93.3. The Morgan fingerprint density at radius 1 is 1.00 bits per heavy atom. The van der Waals surface area contributed by atoms with Gasteiger partial charge in [-0.15, -0.1) is 0 Å². The van der Waals surface area contributed by atoms with Crippen LogP contribution in [0.3, 0.4) is 0 Å². The van der Waals surface area contributed by atoms with Crippen molar-refractivity contribution in [3.8, 4) is 0 Å². The molecule has 0 aromatic heterocycles. The molecule has 2 unspecified atom stereocenters. The summed E-state index contributed by atoms with van der Waals surface area (Å²) in [6, 6.07) is 3.94. The number of likely N-dealkylation sites (tertiary alicyclic amines) is 1. The standard InChI is InChI=1S/C23H21F7N2O3/c1-12-7-13(3-4-18(12)24)17-11-32(21(34)35)6-5-19(17)31(2)20(33)14-8-15(22(25,26)27)10-16(9-14)23(28,29)30/h3-4,7-10,17,19H,5-6,11H2,1-2H3,(H,34,35). The Bertz CT molecular complexity index is 1100. The van der Waals surface area contributed by atoms with Crippen molar-refractivity contribution in [2.45, 2.75) is 37.7 Å². The molecule has 0 bridgehead atoms. The molecule has 1 N–H and O–H groups in total. The minimum Gasteiger partial charge on any atom is -0.465 e. The number of alkyl halides is 6. The number of carbonyl (C=O) groups excluding carboxylic acids is 1. The van der Waals surface area contributed by atoms with Gasteiger partial charge in [-0.3, -0.25) is 4.79 Å². The summed E-state index contributed by atoms with van der Waals surface area (Å²) in [5.74, 6) is -2.29. The van der Waals surface area contributed by atoms with E-state index in [4.69, 9.17) is 0 Å². The van der Waals surface area contributed by atoms with E-state index in [1.54, 1.807) is 0 Å². The molecule has 35 heavy (non-hydrogen) atoms. The van der Waals surface area contributed by atoms with Crippen molar-refractivity contribution >= 4 is 12.0 Å². The van der Waals surface area contributed by atoms with E-state index >= 15 is 0 Å². The third-order valence-corrected chi connectivity index (χ3v) is 6.11. The SMILES string of the molecule is Cc1cc(C2CN(C(=O)O)CCC2N(C)C(=O)c2cc(C(F)(F)F)cc(C(F)(F)F)c2)ccc1F. The van der Waals surface area contributed by atoms with Crippen molar-refractivity contribution in [1.29, 1.82) is 0 Å². The Labute approximate surface area is 195 Å². The van der Waals surface area contributed by atoms with Crippen LogP contribution in [0.4, 0.5) is 35.5 Å². The van der Waals surface area contributed by atoms with Crippen molar-refractivity contribution in [2.75, 3.05) is 20.1 Å². The van der Waals surface area contributed by atoms with Gasteiger partial charge in [0.25, 0.3) is 5.91 Å². The quantitative estimate of drug-likeness (QED) is 0.537. The molecule has 12 heteroatoms. The van der Waals surface area contributed by atoms with Gasteiger partial charge in [-0.2, -0.15) is 26.3 Å². The number of hydrogen-bond donors (Lipinski definition) is 1. The first-order valence-electron chi connectivity index (χ1n) is 10.4. The molecule has 0 spiro atoms. The zero-order chi connectivity index (χ0) is 26.3. The van der Waals surface area contributed by atoms with Crippen LogP contribution in [0.2, 0.25) is 0 Å². The number of aryl methyl sites for hydroxylation is 1. The number of halogens is 7. The predicted octanol–water partition coefficient (Wildman–Crippen LogP) is 5.78. The fourth-order valence-electron chi connectivity index (χ4n) is 4.24. The average molecular weight is 506 g/mol. The second-order valence-electron chi connectivity index (χ2n) is 8.41. The average Bonchev–Trinajstić information content (AvgIpc) is 2.78. The maximum atomic E-state index is 13.8. The fourth-order valence-corrected chi connectivity index (χ4v) is 4.24. The maximum Gasteiger partial charge on any atom is 0.416 e. The van der Waals surface area contributed by atoms with Crippen LogP contribution in [0.25, 0.3) is 0 Å². The summed E-state index contributed by atoms with van der Waals surface area (Å²) in [5.41, 5.74) is -3.29. The molecule has 0 aliphatic carbocycles. The monoisotopic (exact) mass is 506 g/mol. The first-order chi connectivity index (χ1) is 16.1. The Hall–Kier alpha value is -3.31. The minimum atomic E-state index is -5.12. The normalized spacial score (nSPS) is 18.9. The van der Waals surface area contributed by atoms with Crippen LogP contribution in [0, 0.1) is 12.7 Å². The number of likely N-dealkylation sites (N-methyl/N-ethyl adjacent to an activating group) is 1. The molecule has 2 aromatic carbocycles. The second kappa shape index (κ2) is 9.38. The summed E-state index contributed by atoms with van der Waals surface area (Å²) in [5, 5.41) is 9.40. The Kier molecular flexibility index (Phi) is 7.05. The van der Waals surface area contributed by atoms with Gasteiger partial charge in [0.2, 0.25) is 0 Å². The first-order valence-corrected chi connectivity index (χ1v) is 10.4. The molecular weight excluding hydrogens is 485 g/mol. The highest BCUT2D eigenvalue weighted by atomic mass is 19.4. The summed E-state index contributed by atoms with van der Waals surface area (Å²) in [6.45, 7) is 1.38. The first kappa shape index (κ1) is 26.3. The summed E-state index contributed by atoms with van der Waals surface area (Å²) >= 11 is 0. The van der Waals surface area contributed by atoms with Gasteiger partial charge < -0.3 is 14.9 Å². The third kappa shape index (κ3) is 5.68. The van der Waals surface area contributed by atoms with Gasteiger partial charge in [-0.05, 0) is 48.7 Å². The molecule has 0 radical (unpaired) electrons. The highest BCUT2D eigenvalue weighted by Gasteiger charge is 2.40. The predicted molar refractivity (Wildman–Crippen MR) is 110 cm³/mol. The summed E-state index contributed by atoms with van der Waals surface area (Å²) in [7, 11) is 1.24. The molecule has 2 aromatic rings. The number of hydrogen-bond acceptors (Lipinski definition) is 2. The van der Waals surface area contributed by atoms with E-state index in [0.717, 1.165) is 9.80 Å². The van der Waals surface area contributed by atoms with Crippen LogP contribution in [-0.4, -0.2) is 53.1 Å². The van der Waals surface area contributed by atoms with E-state index in [-0.39, 0.29) is 31.1 Å². The van der Waals surface area contributed by atoms with Gasteiger partial charge in [0, 0.05) is 37.7 Å². The molecule has 2 amide bonds. The molecule has 190 valence electrons. The largest absolute Gasteiger partial charge is 0.465 e. The molecule has 3 rings (SSSR count). The molecule has 1 aliphatic rings. The van der Waals surface area contributed by atoms with Gasteiger partial charge in [0.15, 0.2) is 0 Å². The third-order valence-electron chi connectivity index (χ3n) is 6.11. The van der Waals surface area contributed by atoms with Gasteiger partial charge in [-0.1, -0.05) is 12.1 Å². The maximum absolute atomic E-state index is 13.8. The topological polar surface area (TPSA) is 60.9 Å². The lowest BCUT2D eigenvalue weighted by molar-refractivity contribution is -0.143. The van der Waals surface area contributed by atoms with E-state index in [2.05, 4.69) is 0 Å². The number of nitrogens with zero attached hydrogens (tertiary/aromatic N) is 2. The summed E-state index contributed by atoms with van der Waals surface area (Å²) in [4.78, 5) is 26.7. The van der Waals surface area contributed by atoms with Crippen molar-refractivity contribution in [3.63, 3.8) is 0 Å². The number of rotatable bonds is 3. The number of piperidine rings is 1. The molecule has 1 saturated heterocycles. The zero-order valence-electron chi connectivity index (χ0n) is 18.5. The fraction of sp³-hybridized carbons (Fsp3) is 0.391. The molecule has 1 heterocycles. The van der Waals surface area contributed by atoms with E-state index in [1.807, 2.05) is 0 Å². The van der Waals surface area contributed by atoms with Gasteiger partial charge >= 0.3 is 18.4 Å². The van der Waals surface area contributed by atoms with Crippen LogP contribution in [-0.2, 0) is 12.4 Å². The Balaban J connectivity index is 2.02. The van der Waals surface area contributed by atoms with Crippen LogP contribution in [0.15, 0.2) is 36.4 Å². The van der Waals surface area contributed by atoms with E-state index < -0.39 is 58.8 Å². The van der Waals surface area contributed by atoms with Gasteiger partial charge in [-0.25, -0.2) is 9.18 Å². The van der Waals surface area contributed by atoms with Crippen molar-refractivity contribution < 1.29 is 45.4 Å². The van der Waals surface area contributed by atoms with Crippen molar-refractivity contribution in [2.24, 2.45) is 0 Å². The van der Waals surface area contributed by atoms with Gasteiger partial charge in [0.1, 0.15) is 5.82 Å². The molecule has 1 fully saturated rings. The van der Waals surface area contributed by atoms with Crippen molar-refractivity contribution in [3.05, 3.63) is 70.0 Å². The van der Waals surface area contributed by atoms with Crippen LogP contribution < -0.4 is 0 Å². The van der Waals surface area contributed by atoms with Crippen LogP contribution in [0.5, 0.6) is 0 Å².